The number of halogens is 2. The zero-order valence-electron chi connectivity index (χ0n) is 8.51. The fourth-order valence-electron chi connectivity index (χ4n) is 0.943. The van der Waals surface area contributed by atoms with Crippen LogP contribution in [0.25, 0.3) is 0 Å². The van der Waals surface area contributed by atoms with Crippen molar-refractivity contribution in [1.82, 2.24) is 0 Å². The molecule has 0 fully saturated rings. The quantitative estimate of drug-likeness (QED) is 0.777. The van der Waals surface area contributed by atoms with Crippen LogP contribution in [0.5, 0.6) is 11.5 Å². The Morgan fingerprint density at radius 1 is 1.07 bits per heavy atom. The monoisotopic (exact) mass is 286 g/mol. The van der Waals surface area contributed by atoms with Crippen LogP contribution in [-0.4, -0.2) is 14.2 Å². The number of ether oxygens (including phenoxy) is 2. The third-order valence-corrected chi connectivity index (χ3v) is 1.54. The van der Waals surface area contributed by atoms with Gasteiger partial charge >= 0.3 is 34.5 Å². The number of benzene rings is 1. The molecule has 0 atom stereocenters. The molecule has 0 radical (unpaired) electrons. The van der Waals surface area contributed by atoms with Gasteiger partial charge in [0.05, 0.1) is 14.2 Å². The topological polar surface area (TPSA) is 18.5 Å². The van der Waals surface area contributed by atoms with Gasteiger partial charge < -0.3 is 9.47 Å². The molecule has 0 aliphatic carbocycles. The Kier molecular flexibility index (Phi) is 8.36. The fourth-order valence-corrected chi connectivity index (χ4v) is 0.943. The second-order valence-electron chi connectivity index (χ2n) is 2.46. The Labute approximate surface area is 100 Å². The predicted octanol–water partition coefficient (Wildman–Crippen LogP) is 3.39. The van der Waals surface area contributed by atoms with Gasteiger partial charge in [0.15, 0.2) is 11.5 Å². The molecule has 0 amide bonds. The second-order valence-corrected chi connectivity index (χ2v) is 7.08. The number of rotatable bonds is 2. The van der Waals surface area contributed by atoms with Crippen molar-refractivity contribution in [3.8, 4) is 11.5 Å². The zero-order chi connectivity index (χ0) is 11.0. The standard InChI is InChI=1S/C9H12O2.2ClH.Zn/c1-7-4-5-8(10-2)9(6-7)11-3;;;/h4-6H,1-3H3;2*1H;/q;;;+2/p-2. The molecule has 14 heavy (non-hydrogen) atoms. The molecule has 0 saturated heterocycles. The zero-order valence-corrected chi connectivity index (χ0v) is 13.0. The molecule has 0 unspecified atom stereocenters. The van der Waals surface area contributed by atoms with Gasteiger partial charge in [-0.1, -0.05) is 6.07 Å². The third-order valence-electron chi connectivity index (χ3n) is 1.54. The van der Waals surface area contributed by atoms with Crippen molar-refractivity contribution >= 4 is 19.4 Å². The molecule has 1 rings (SSSR count). The molecule has 1 aromatic rings. The summed E-state index contributed by atoms with van der Waals surface area (Å²) in [5, 5.41) is 0. The van der Waals surface area contributed by atoms with E-state index in [9.17, 15) is 0 Å². The van der Waals surface area contributed by atoms with Crippen LogP contribution in [0, 0.1) is 6.92 Å². The van der Waals surface area contributed by atoms with E-state index in [4.69, 9.17) is 28.9 Å². The van der Waals surface area contributed by atoms with E-state index >= 15 is 0 Å². The second kappa shape index (κ2) is 8.34. The summed E-state index contributed by atoms with van der Waals surface area (Å²) in [7, 11) is 13.2. The molecule has 2 nitrogen and oxygen atoms in total. The van der Waals surface area contributed by atoms with Gasteiger partial charge in [0.1, 0.15) is 0 Å². The Hall–Kier alpha value is 0.0234. The summed E-state index contributed by atoms with van der Waals surface area (Å²) in [4.78, 5) is 0. The van der Waals surface area contributed by atoms with Crippen LogP contribution in [0.1, 0.15) is 5.56 Å². The van der Waals surface area contributed by atoms with Crippen molar-refractivity contribution in [3.63, 3.8) is 0 Å². The van der Waals surface area contributed by atoms with Gasteiger partial charge in [0.2, 0.25) is 0 Å². The summed E-state index contributed by atoms with van der Waals surface area (Å²) < 4.78 is 10.2. The van der Waals surface area contributed by atoms with Crippen LogP contribution in [0.4, 0.5) is 0 Å². The van der Waals surface area contributed by atoms with Gasteiger partial charge in [-0.05, 0) is 24.6 Å². The average molecular weight is 288 g/mol. The molecule has 0 bridgehead atoms. The van der Waals surface area contributed by atoms with Crippen LogP contribution < -0.4 is 9.47 Å². The van der Waals surface area contributed by atoms with E-state index in [1.54, 1.807) is 14.2 Å². The van der Waals surface area contributed by atoms with Crippen molar-refractivity contribution in [3.05, 3.63) is 23.8 Å². The van der Waals surface area contributed by atoms with Crippen LogP contribution in [0.15, 0.2) is 18.2 Å². The van der Waals surface area contributed by atoms with Gasteiger partial charge in [-0.3, -0.25) is 0 Å². The summed E-state index contributed by atoms with van der Waals surface area (Å²) >= 11 is -0.931. The Morgan fingerprint density at radius 3 is 2.00 bits per heavy atom. The van der Waals surface area contributed by atoms with E-state index in [1.807, 2.05) is 25.1 Å². The first-order valence-electron chi connectivity index (χ1n) is 4.00. The summed E-state index contributed by atoms with van der Waals surface area (Å²) in [6.45, 7) is 2.02. The van der Waals surface area contributed by atoms with E-state index < -0.39 is 15.1 Å². The number of hydrogen-bond acceptors (Lipinski definition) is 2. The fraction of sp³-hybridized carbons (Fsp3) is 0.333. The van der Waals surface area contributed by atoms with Crippen molar-refractivity contribution in [2.45, 2.75) is 6.92 Å². The van der Waals surface area contributed by atoms with Gasteiger partial charge in [0.25, 0.3) is 0 Å². The summed E-state index contributed by atoms with van der Waals surface area (Å²) in [6.07, 6.45) is 0. The molecule has 0 heterocycles. The van der Waals surface area contributed by atoms with E-state index in [2.05, 4.69) is 0 Å². The normalized spacial score (nSPS) is 8.07. The molecule has 5 heteroatoms. The Balaban J connectivity index is 0.000000500. The molecule has 0 aromatic heterocycles. The number of methoxy groups -OCH3 is 2. The van der Waals surface area contributed by atoms with E-state index in [0.717, 1.165) is 11.5 Å². The molecular formula is C9H12Cl2O2Zn. The van der Waals surface area contributed by atoms with E-state index in [0.29, 0.717) is 0 Å². The molecule has 0 saturated carbocycles. The van der Waals surface area contributed by atoms with Crippen molar-refractivity contribution in [2.75, 3.05) is 14.2 Å². The SMILES string of the molecule is COc1ccc(C)cc1OC.[Cl][Zn][Cl]. The van der Waals surface area contributed by atoms with Crippen LogP contribution in [-0.2, 0) is 15.1 Å². The first-order chi connectivity index (χ1) is 6.69. The molecular weight excluding hydrogens is 276 g/mol. The molecule has 76 valence electrons. The maximum atomic E-state index is 5.09. The first kappa shape index (κ1) is 14.0. The molecule has 0 aliphatic heterocycles. The van der Waals surface area contributed by atoms with Gasteiger partial charge in [-0.2, -0.15) is 0 Å². The van der Waals surface area contributed by atoms with Gasteiger partial charge in [-0.25, -0.2) is 0 Å². The molecule has 0 N–H and O–H groups in total. The average Bonchev–Trinajstić information content (AvgIpc) is 2.19. The molecule has 1 aromatic carbocycles. The van der Waals surface area contributed by atoms with Gasteiger partial charge in [-0.15, -0.1) is 0 Å². The van der Waals surface area contributed by atoms with E-state index in [-0.39, 0.29) is 0 Å². The van der Waals surface area contributed by atoms with Crippen molar-refractivity contribution < 1.29 is 24.6 Å². The van der Waals surface area contributed by atoms with Crippen LogP contribution >= 0.6 is 19.4 Å². The van der Waals surface area contributed by atoms with Crippen LogP contribution in [0.2, 0.25) is 0 Å². The summed E-state index contributed by atoms with van der Waals surface area (Å²) in [6, 6.07) is 5.83. The van der Waals surface area contributed by atoms with Crippen molar-refractivity contribution in [1.29, 1.82) is 0 Å². The third kappa shape index (κ3) is 5.04. The Bertz CT molecular complexity index is 269. The maximum absolute atomic E-state index is 5.09. The summed E-state index contributed by atoms with van der Waals surface area (Å²) in [5.41, 5.74) is 1.17. The number of aryl methyl sites for hydroxylation is 1. The van der Waals surface area contributed by atoms with E-state index in [1.165, 1.54) is 5.56 Å². The predicted molar refractivity (Wildman–Crippen MR) is 56.0 cm³/mol. The van der Waals surface area contributed by atoms with Crippen LogP contribution in [0.3, 0.4) is 0 Å². The van der Waals surface area contributed by atoms with Gasteiger partial charge in [0, 0.05) is 0 Å². The Morgan fingerprint density at radius 2 is 1.57 bits per heavy atom. The molecule has 0 spiro atoms. The summed E-state index contributed by atoms with van der Waals surface area (Å²) in [5.74, 6) is 1.56. The minimum atomic E-state index is -0.931. The van der Waals surface area contributed by atoms with Crippen molar-refractivity contribution in [2.24, 2.45) is 0 Å². The minimum absolute atomic E-state index is 0.776. The first-order valence-corrected chi connectivity index (χ1v) is 11.8. The number of hydrogen-bond donors (Lipinski definition) is 0. The molecule has 0 aliphatic rings.